The van der Waals surface area contributed by atoms with Crippen molar-refractivity contribution < 1.29 is 9.21 Å². The molecule has 2 rings (SSSR count). The van der Waals surface area contributed by atoms with Crippen molar-refractivity contribution in [2.24, 2.45) is 11.7 Å². The van der Waals surface area contributed by atoms with Gasteiger partial charge in [0.1, 0.15) is 5.76 Å². The second kappa shape index (κ2) is 6.19. The van der Waals surface area contributed by atoms with Gasteiger partial charge in [-0.15, -0.1) is 0 Å². The van der Waals surface area contributed by atoms with E-state index >= 15 is 0 Å². The first-order valence-electron chi connectivity index (χ1n) is 6.74. The van der Waals surface area contributed by atoms with Crippen LogP contribution in [0.25, 0.3) is 0 Å². The Morgan fingerprint density at radius 2 is 2.11 bits per heavy atom. The summed E-state index contributed by atoms with van der Waals surface area (Å²) in [7, 11) is 0. The van der Waals surface area contributed by atoms with Gasteiger partial charge >= 0.3 is 0 Å². The Balaban J connectivity index is 2.04. The maximum atomic E-state index is 12.1. The minimum atomic E-state index is -0.239. The van der Waals surface area contributed by atoms with Crippen LogP contribution in [-0.4, -0.2) is 16.9 Å². The molecule has 104 valence electrons. The van der Waals surface area contributed by atoms with Crippen molar-refractivity contribution in [2.45, 2.75) is 45.1 Å². The van der Waals surface area contributed by atoms with Crippen LogP contribution in [-0.2, 0) is 0 Å². The summed E-state index contributed by atoms with van der Waals surface area (Å²) >= 11 is 5.10. The minimum absolute atomic E-state index is 0.229. The first kappa shape index (κ1) is 14.1. The van der Waals surface area contributed by atoms with E-state index in [1.807, 2.05) is 6.92 Å². The number of nitrogens with two attached hydrogens (primary N) is 1. The molecule has 4 nitrogen and oxygen atoms in total. The minimum Gasteiger partial charge on any atom is -0.456 e. The molecule has 1 aromatic heterocycles. The molecule has 1 aromatic rings. The lowest BCUT2D eigenvalue weighted by atomic mass is 9.84. The van der Waals surface area contributed by atoms with Crippen LogP contribution >= 0.6 is 12.2 Å². The van der Waals surface area contributed by atoms with E-state index in [-0.39, 0.29) is 11.9 Å². The van der Waals surface area contributed by atoms with Crippen molar-refractivity contribution in [2.75, 3.05) is 0 Å². The maximum Gasteiger partial charge on any atom is 0.287 e. The first-order valence-corrected chi connectivity index (χ1v) is 7.15. The van der Waals surface area contributed by atoms with E-state index < -0.39 is 0 Å². The number of thiocarbonyl (C=S) groups is 1. The monoisotopic (exact) mass is 280 g/mol. The van der Waals surface area contributed by atoms with E-state index in [4.69, 9.17) is 22.4 Å². The predicted molar refractivity (Wildman–Crippen MR) is 78.1 cm³/mol. The lowest BCUT2D eigenvalue weighted by molar-refractivity contribution is 0.0902. The third-order valence-electron chi connectivity index (χ3n) is 3.68. The number of rotatable bonds is 4. The lowest BCUT2D eigenvalue weighted by Crippen LogP contribution is -2.48. The second-order valence-electron chi connectivity index (χ2n) is 5.16. The van der Waals surface area contributed by atoms with Gasteiger partial charge in [0.05, 0.1) is 11.0 Å². The zero-order valence-electron chi connectivity index (χ0n) is 11.1. The fraction of sp³-hybridized carbons (Fsp3) is 0.571. The Labute approximate surface area is 118 Å². The Hall–Kier alpha value is -1.36. The van der Waals surface area contributed by atoms with Crippen molar-refractivity contribution in [3.8, 4) is 0 Å². The number of carbonyl (C=O) groups excluding carboxylic acids is 1. The van der Waals surface area contributed by atoms with Crippen molar-refractivity contribution in [1.82, 2.24) is 5.32 Å². The van der Waals surface area contributed by atoms with Crippen LogP contribution in [0, 0.1) is 12.8 Å². The lowest BCUT2D eigenvalue weighted by Gasteiger charge is -2.29. The van der Waals surface area contributed by atoms with Crippen molar-refractivity contribution in [1.29, 1.82) is 0 Å². The zero-order valence-corrected chi connectivity index (χ0v) is 12.0. The molecule has 1 aliphatic rings. The summed E-state index contributed by atoms with van der Waals surface area (Å²) in [6.45, 7) is 1.81. The molecule has 1 unspecified atom stereocenters. The van der Waals surface area contributed by atoms with Gasteiger partial charge in [-0.2, -0.15) is 0 Å². The van der Waals surface area contributed by atoms with Gasteiger partial charge in [-0.3, -0.25) is 4.79 Å². The van der Waals surface area contributed by atoms with Crippen molar-refractivity contribution in [3.05, 3.63) is 23.7 Å². The molecular weight excluding hydrogens is 260 g/mol. The summed E-state index contributed by atoms with van der Waals surface area (Å²) in [5, 5.41) is 2.92. The van der Waals surface area contributed by atoms with Crippen molar-refractivity contribution in [3.63, 3.8) is 0 Å². The summed E-state index contributed by atoms with van der Waals surface area (Å²) < 4.78 is 5.32. The van der Waals surface area contributed by atoms with E-state index in [0.29, 0.717) is 16.7 Å². The molecule has 0 bridgehead atoms. The molecule has 0 radical (unpaired) electrons. The SMILES string of the molecule is Cc1ccc(C(=O)NC(C(N)=S)C2CCCCC2)o1. The molecule has 5 heteroatoms. The quantitative estimate of drug-likeness (QED) is 0.832. The molecule has 3 N–H and O–H groups in total. The molecule has 0 spiro atoms. The van der Waals surface area contributed by atoms with Gasteiger partial charge in [0.2, 0.25) is 0 Å². The van der Waals surface area contributed by atoms with Crippen LogP contribution < -0.4 is 11.1 Å². The number of carbonyl (C=O) groups is 1. The highest BCUT2D eigenvalue weighted by atomic mass is 32.1. The molecule has 1 heterocycles. The van der Waals surface area contributed by atoms with Gasteiger partial charge in [-0.05, 0) is 37.8 Å². The smallest absolute Gasteiger partial charge is 0.287 e. The summed E-state index contributed by atoms with van der Waals surface area (Å²) in [5.74, 6) is 1.15. The fourth-order valence-electron chi connectivity index (χ4n) is 2.66. The van der Waals surface area contributed by atoms with Gasteiger partial charge in [0, 0.05) is 0 Å². The van der Waals surface area contributed by atoms with E-state index in [9.17, 15) is 4.79 Å². The molecule has 0 aromatic carbocycles. The van der Waals surface area contributed by atoms with Crippen LogP contribution in [0.15, 0.2) is 16.5 Å². The number of nitrogens with one attached hydrogen (secondary N) is 1. The molecule has 0 saturated heterocycles. The summed E-state index contributed by atoms with van der Waals surface area (Å²) in [5.41, 5.74) is 5.79. The Morgan fingerprint density at radius 3 is 2.63 bits per heavy atom. The van der Waals surface area contributed by atoms with Gasteiger partial charge in [-0.25, -0.2) is 0 Å². The van der Waals surface area contributed by atoms with E-state index in [2.05, 4.69) is 5.32 Å². The molecule has 0 aliphatic heterocycles. The molecule has 1 saturated carbocycles. The van der Waals surface area contributed by atoms with Gasteiger partial charge in [-0.1, -0.05) is 31.5 Å². The Bertz CT molecular complexity index is 464. The summed E-state index contributed by atoms with van der Waals surface area (Å²) in [6, 6.07) is 3.21. The predicted octanol–water partition coefficient (Wildman–Crippen LogP) is 2.55. The number of amides is 1. The molecule has 1 amide bonds. The van der Waals surface area contributed by atoms with Crippen LogP contribution in [0.5, 0.6) is 0 Å². The van der Waals surface area contributed by atoms with Gasteiger partial charge < -0.3 is 15.5 Å². The van der Waals surface area contributed by atoms with Crippen LogP contribution in [0.1, 0.15) is 48.4 Å². The van der Waals surface area contributed by atoms with Crippen molar-refractivity contribution >= 4 is 23.1 Å². The standard InChI is InChI=1S/C14H20N2O2S/c1-9-7-8-11(18-9)14(17)16-12(13(15)19)10-5-3-2-4-6-10/h7-8,10,12H,2-6H2,1H3,(H2,15,19)(H,16,17). The van der Waals surface area contributed by atoms with E-state index in [1.165, 1.54) is 19.3 Å². The zero-order chi connectivity index (χ0) is 13.8. The average Bonchev–Trinajstić information content (AvgIpc) is 2.83. The second-order valence-corrected chi connectivity index (χ2v) is 5.63. The van der Waals surface area contributed by atoms with Gasteiger partial charge in [0.25, 0.3) is 5.91 Å². The first-order chi connectivity index (χ1) is 9.08. The van der Waals surface area contributed by atoms with E-state index in [1.54, 1.807) is 12.1 Å². The molecular formula is C14H20N2O2S. The number of aryl methyl sites for hydroxylation is 1. The average molecular weight is 280 g/mol. The maximum absolute atomic E-state index is 12.1. The highest BCUT2D eigenvalue weighted by Gasteiger charge is 2.28. The highest BCUT2D eigenvalue weighted by molar-refractivity contribution is 7.80. The largest absolute Gasteiger partial charge is 0.456 e. The summed E-state index contributed by atoms with van der Waals surface area (Å²) in [6.07, 6.45) is 5.75. The highest BCUT2D eigenvalue weighted by Crippen LogP contribution is 2.27. The topological polar surface area (TPSA) is 68.3 Å². The summed E-state index contributed by atoms with van der Waals surface area (Å²) in [4.78, 5) is 12.5. The number of hydrogen-bond acceptors (Lipinski definition) is 3. The molecule has 1 aliphatic carbocycles. The third kappa shape index (κ3) is 3.56. The van der Waals surface area contributed by atoms with Crippen LogP contribution in [0.2, 0.25) is 0 Å². The van der Waals surface area contributed by atoms with Crippen LogP contribution in [0.3, 0.4) is 0 Å². The number of furan rings is 1. The number of hydrogen-bond donors (Lipinski definition) is 2. The van der Waals surface area contributed by atoms with Crippen LogP contribution in [0.4, 0.5) is 0 Å². The van der Waals surface area contributed by atoms with Gasteiger partial charge in [0.15, 0.2) is 5.76 Å². The normalized spacial score (nSPS) is 17.9. The molecule has 1 atom stereocenters. The Morgan fingerprint density at radius 1 is 1.42 bits per heavy atom. The van der Waals surface area contributed by atoms with E-state index in [0.717, 1.165) is 18.6 Å². The Kier molecular flexibility index (Phi) is 4.58. The third-order valence-corrected chi connectivity index (χ3v) is 3.93. The fourth-order valence-corrected chi connectivity index (χ4v) is 2.91. The molecule has 1 fully saturated rings. The molecule has 19 heavy (non-hydrogen) atoms.